The van der Waals surface area contributed by atoms with Gasteiger partial charge >= 0.3 is 0 Å². The summed E-state index contributed by atoms with van der Waals surface area (Å²) in [6.45, 7) is 1.43. The minimum atomic E-state index is -0.174. The standard InChI is InChI=1S/C12H13NO2S2/c1-8(14)9-5-4-6-10(13-9)11(15)7-12(16-2)17-3/h4-7H,1-3H3. The van der Waals surface area contributed by atoms with Gasteiger partial charge in [-0.15, -0.1) is 23.5 Å². The first-order valence-electron chi connectivity index (χ1n) is 4.90. The van der Waals surface area contributed by atoms with Crippen LogP contribution < -0.4 is 0 Å². The number of nitrogens with zero attached hydrogens (tertiary/aromatic N) is 1. The SMILES string of the molecule is CSC(=CC(=O)c1cccc(C(C)=O)n1)SC. The summed E-state index contributed by atoms with van der Waals surface area (Å²) in [5.41, 5.74) is 0.623. The molecule has 0 aliphatic heterocycles. The molecule has 0 unspecified atom stereocenters. The minimum Gasteiger partial charge on any atom is -0.293 e. The molecule has 0 atom stereocenters. The predicted octanol–water partition coefficient (Wildman–Crippen LogP) is 3.03. The van der Waals surface area contributed by atoms with Crippen LogP contribution in [0.2, 0.25) is 0 Å². The lowest BCUT2D eigenvalue weighted by Gasteiger charge is -2.00. The molecule has 1 aromatic heterocycles. The van der Waals surface area contributed by atoms with Gasteiger partial charge in [-0.05, 0) is 24.6 Å². The molecule has 1 rings (SSSR count). The second-order valence-electron chi connectivity index (χ2n) is 3.20. The van der Waals surface area contributed by atoms with Crippen molar-refractivity contribution in [3.05, 3.63) is 39.9 Å². The van der Waals surface area contributed by atoms with Gasteiger partial charge in [-0.3, -0.25) is 9.59 Å². The number of hydrogen-bond acceptors (Lipinski definition) is 5. The molecule has 0 aliphatic rings. The number of ketones is 2. The molecule has 0 saturated carbocycles. The van der Waals surface area contributed by atoms with Crippen molar-refractivity contribution in [3.8, 4) is 0 Å². The van der Waals surface area contributed by atoms with Crippen molar-refractivity contribution >= 4 is 35.1 Å². The van der Waals surface area contributed by atoms with Crippen LogP contribution in [0.4, 0.5) is 0 Å². The number of carbonyl (C=O) groups excluding carboxylic acids is 2. The van der Waals surface area contributed by atoms with Crippen LogP contribution in [0.5, 0.6) is 0 Å². The molecule has 0 bridgehead atoms. The maximum absolute atomic E-state index is 11.9. The molecule has 0 fully saturated rings. The summed E-state index contributed by atoms with van der Waals surface area (Å²) >= 11 is 3.02. The fourth-order valence-electron chi connectivity index (χ4n) is 1.15. The number of allylic oxidation sites excluding steroid dienone is 1. The normalized spacial score (nSPS) is 9.82. The maximum Gasteiger partial charge on any atom is 0.205 e. The van der Waals surface area contributed by atoms with Crippen molar-refractivity contribution in [1.82, 2.24) is 4.98 Å². The largest absolute Gasteiger partial charge is 0.293 e. The Kier molecular flexibility index (Phi) is 5.44. The third-order valence-corrected chi connectivity index (χ3v) is 4.05. The van der Waals surface area contributed by atoms with E-state index in [0.29, 0.717) is 11.4 Å². The maximum atomic E-state index is 11.9. The second kappa shape index (κ2) is 6.61. The summed E-state index contributed by atoms with van der Waals surface area (Å²) in [4.78, 5) is 27.1. The van der Waals surface area contributed by atoms with Crippen LogP contribution in [0.1, 0.15) is 27.9 Å². The Bertz CT molecular complexity index is 463. The van der Waals surface area contributed by atoms with E-state index >= 15 is 0 Å². The first-order chi connectivity index (χ1) is 8.08. The molecular weight excluding hydrogens is 254 g/mol. The quantitative estimate of drug-likeness (QED) is 0.606. The van der Waals surface area contributed by atoms with Crippen molar-refractivity contribution in [1.29, 1.82) is 0 Å². The zero-order valence-electron chi connectivity index (χ0n) is 9.89. The second-order valence-corrected chi connectivity index (χ2v) is 5.15. The Hall–Kier alpha value is -1.07. The van der Waals surface area contributed by atoms with Gasteiger partial charge in [0, 0.05) is 17.2 Å². The van der Waals surface area contributed by atoms with Gasteiger partial charge in [0.25, 0.3) is 0 Å². The third-order valence-electron chi connectivity index (χ3n) is 2.01. The Morgan fingerprint density at radius 1 is 1.18 bits per heavy atom. The molecule has 1 heterocycles. The number of pyridine rings is 1. The van der Waals surface area contributed by atoms with Gasteiger partial charge in [-0.25, -0.2) is 4.98 Å². The Morgan fingerprint density at radius 3 is 2.29 bits per heavy atom. The number of carbonyl (C=O) groups is 2. The van der Waals surface area contributed by atoms with Gasteiger partial charge < -0.3 is 0 Å². The van der Waals surface area contributed by atoms with Crippen LogP contribution in [-0.4, -0.2) is 29.1 Å². The van der Waals surface area contributed by atoms with Crippen molar-refractivity contribution in [2.45, 2.75) is 6.92 Å². The third kappa shape index (κ3) is 4.02. The van der Waals surface area contributed by atoms with E-state index in [4.69, 9.17) is 0 Å². The Balaban J connectivity index is 3.00. The predicted molar refractivity (Wildman–Crippen MR) is 73.7 cm³/mol. The summed E-state index contributed by atoms with van der Waals surface area (Å²) in [7, 11) is 0. The lowest BCUT2D eigenvalue weighted by atomic mass is 10.2. The highest BCUT2D eigenvalue weighted by atomic mass is 32.2. The number of hydrogen-bond donors (Lipinski definition) is 0. The highest BCUT2D eigenvalue weighted by Gasteiger charge is 2.08. The van der Waals surface area contributed by atoms with E-state index < -0.39 is 0 Å². The van der Waals surface area contributed by atoms with E-state index in [-0.39, 0.29) is 11.6 Å². The molecule has 0 amide bonds. The summed E-state index contributed by atoms with van der Waals surface area (Å²) in [6, 6.07) is 4.89. The van der Waals surface area contributed by atoms with Gasteiger partial charge in [-0.2, -0.15) is 0 Å². The van der Waals surface area contributed by atoms with Crippen LogP contribution in [0.3, 0.4) is 0 Å². The van der Waals surface area contributed by atoms with Crippen molar-refractivity contribution in [2.75, 3.05) is 12.5 Å². The topological polar surface area (TPSA) is 47.0 Å². The van der Waals surface area contributed by atoms with Crippen LogP contribution in [0.25, 0.3) is 0 Å². The molecule has 3 nitrogen and oxygen atoms in total. The van der Waals surface area contributed by atoms with Crippen molar-refractivity contribution < 1.29 is 9.59 Å². The van der Waals surface area contributed by atoms with E-state index in [1.807, 2.05) is 12.5 Å². The van der Waals surface area contributed by atoms with Crippen LogP contribution in [0.15, 0.2) is 28.5 Å². The van der Waals surface area contributed by atoms with E-state index in [2.05, 4.69) is 4.98 Å². The highest BCUT2D eigenvalue weighted by molar-refractivity contribution is 8.21. The van der Waals surface area contributed by atoms with E-state index in [1.54, 1.807) is 24.3 Å². The summed E-state index contributed by atoms with van der Waals surface area (Å²) in [6.07, 6.45) is 5.37. The van der Waals surface area contributed by atoms with Gasteiger partial charge in [0.15, 0.2) is 5.78 Å². The van der Waals surface area contributed by atoms with E-state index in [1.165, 1.54) is 30.4 Å². The molecule has 17 heavy (non-hydrogen) atoms. The molecule has 0 radical (unpaired) electrons. The van der Waals surface area contributed by atoms with Gasteiger partial charge in [-0.1, -0.05) is 6.07 Å². The molecule has 0 N–H and O–H groups in total. The number of Topliss-reactive ketones (excluding diaryl/α,β-unsaturated/α-hetero) is 1. The molecule has 0 saturated heterocycles. The molecule has 90 valence electrons. The molecule has 0 spiro atoms. The summed E-state index contributed by atoms with van der Waals surface area (Å²) < 4.78 is 0.921. The lowest BCUT2D eigenvalue weighted by Crippen LogP contribution is -2.04. The Labute approximate surface area is 109 Å². The van der Waals surface area contributed by atoms with E-state index in [9.17, 15) is 9.59 Å². The van der Waals surface area contributed by atoms with Gasteiger partial charge in [0.1, 0.15) is 11.4 Å². The number of rotatable bonds is 5. The molecule has 0 aromatic carbocycles. The van der Waals surface area contributed by atoms with Crippen LogP contribution >= 0.6 is 23.5 Å². The fourth-order valence-corrected chi connectivity index (χ4v) is 2.27. The molecule has 5 heteroatoms. The smallest absolute Gasteiger partial charge is 0.205 e. The zero-order chi connectivity index (χ0) is 12.8. The number of aromatic nitrogens is 1. The monoisotopic (exact) mass is 267 g/mol. The van der Waals surface area contributed by atoms with Gasteiger partial charge in [0.2, 0.25) is 5.78 Å². The van der Waals surface area contributed by atoms with Gasteiger partial charge in [0.05, 0.1) is 0 Å². The summed E-state index contributed by atoms with van der Waals surface area (Å²) in [5, 5.41) is 0. The van der Waals surface area contributed by atoms with E-state index in [0.717, 1.165) is 4.24 Å². The van der Waals surface area contributed by atoms with Crippen LogP contribution in [0, 0.1) is 0 Å². The minimum absolute atomic E-state index is 0.140. The first kappa shape index (κ1) is 14.0. The van der Waals surface area contributed by atoms with Crippen molar-refractivity contribution in [2.24, 2.45) is 0 Å². The lowest BCUT2D eigenvalue weighted by molar-refractivity contribution is 0.101. The Morgan fingerprint density at radius 2 is 1.76 bits per heavy atom. The average molecular weight is 267 g/mol. The zero-order valence-corrected chi connectivity index (χ0v) is 11.5. The number of thioether (sulfide) groups is 2. The highest BCUT2D eigenvalue weighted by Crippen LogP contribution is 2.23. The fraction of sp³-hybridized carbons (Fsp3) is 0.250. The molecular formula is C12H13NO2S2. The van der Waals surface area contributed by atoms with Crippen molar-refractivity contribution in [3.63, 3.8) is 0 Å². The molecule has 0 aliphatic carbocycles. The average Bonchev–Trinajstić information content (AvgIpc) is 2.35. The summed E-state index contributed by atoms with van der Waals surface area (Å²) in [5.74, 6) is -0.314. The van der Waals surface area contributed by atoms with Crippen LogP contribution in [-0.2, 0) is 0 Å². The molecule has 1 aromatic rings. The first-order valence-corrected chi connectivity index (χ1v) is 7.35.